The van der Waals surface area contributed by atoms with Crippen LogP contribution in [0.1, 0.15) is 23.2 Å². The standard InChI is InChI=1S/C19H16IN3O5/c20-13-2-1-3-14(10-13)21-17(25)11-28-19(27)12-4-6-15(7-5-12)23-18(26)9-8-16(24)22-23/h1-7,10H,8-9,11H2,(H,21,25)(H,22,24). The van der Waals surface area contributed by atoms with Gasteiger partial charge >= 0.3 is 5.97 Å². The Morgan fingerprint density at radius 3 is 2.57 bits per heavy atom. The van der Waals surface area contributed by atoms with Crippen molar-refractivity contribution in [1.82, 2.24) is 5.43 Å². The first-order valence-electron chi connectivity index (χ1n) is 8.37. The molecule has 2 aromatic carbocycles. The number of hydrogen-bond acceptors (Lipinski definition) is 5. The number of hydrazine groups is 1. The minimum Gasteiger partial charge on any atom is -0.452 e. The highest BCUT2D eigenvalue weighted by molar-refractivity contribution is 14.1. The summed E-state index contributed by atoms with van der Waals surface area (Å²) in [5.41, 5.74) is 3.75. The molecule has 0 spiro atoms. The van der Waals surface area contributed by atoms with Crippen LogP contribution in [-0.4, -0.2) is 30.3 Å². The fraction of sp³-hybridized carbons (Fsp3) is 0.158. The van der Waals surface area contributed by atoms with Crippen LogP contribution in [0.25, 0.3) is 0 Å². The maximum Gasteiger partial charge on any atom is 0.338 e. The highest BCUT2D eigenvalue weighted by atomic mass is 127. The number of benzene rings is 2. The largest absolute Gasteiger partial charge is 0.452 e. The van der Waals surface area contributed by atoms with Gasteiger partial charge in [-0.05, 0) is 65.1 Å². The topological polar surface area (TPSA) is 105 Å². The van der Waals surface area contributed by atoms with E-state index in [1.165, 1.54) is 24.3 Å². The monoisotopic (exact) mass is 493 g/mol. The third-order valence-electron chi connectivity index (χ3n) is 3.86. The fourth-order valence-electron chi connectivity index (χ4n) is 2.51. The first-order chi connectivity index (χ1) is 13.4. The van der Waals surface area contributed by atoms with Crippen LogP contribution in [0.15, 0.2) is 48.5 Å². The molecule has 3 rings (SSSR count). The predicted octanol–water partition coefficient (Wildman–Crippen LogP) is 2.24. The van der Waals surface area contributed by atoms with Gasteiger partial charge in [-0.25, -0.2) is 9.80 Å². The van der Waals surface area contributed by atoms with Crippen molar-refractivity contribution in [2.24, 2.45) is 0 Å². The molecule has 3 amide bonds. The highest BCUT2D eigenvalue weighted by Crippen LogP contribution is 2.18. The SMILES string of the molecule is O=C(COC(=O)c1ccc(N2NC(=O)CCC2=O)cc1)Nc1cccc(I)c1. The van der Waals surface area contributed by atoms with Crippen LogP contribution in [0, 0.1) is 3.57 Å². The lowest BCUT2D eigenvalue weighted by Crippen LogP contribution is -2.50. The minimum absolute atomic E-state index is 0.130. The zero-order valence-electron chi connectivity index (χ0n) is 14.6. The molecule has 0 saturated carbocycles. The second kappa shape index (κ2) is 8.83. The number of ether oxygens (including phenoxy) is 1. The van der Waals surface area contributed by atoms with Gasteiger partial charge in [0.2, 0.25) is 11.8 Å². The number of carbonyl (C=O) groups excluding carboxylic acids is 4. The van der Waals surface area contributed by atoms with Gasteiger partial charge in [-0.1, -0.05) is 6.07 Å². The fourth-order valence-corrected chi connectivity index (χ4v) is 3.05. The summed E-state index contributed by atoms with van der Waals surface area (Å²) in [6.45, 7) is -0.424. The molecule has 0 atom stereocenters. The van der Waals surface area contributed by atoms with E-state index in [0.717, 1.165) is 8.58 Å². The normalized spacial score (nSPS) is 13.7. The molecule has 1 heterocycles. The predicted molar refractivity (Wildman–Crippen MR) is 109 cm³/mol. The van der Waals surface area contributed by atoms with Crippen molar-refractivity contribution >= 4 is 57.7 Å². The van der Waals surface area contributed by atoms with Gasteiger partial charge < -0.3 is 10.1 Å². The van der Waals surface area contributed by atoms with Gasteiger partial charge in [-0.15, -0.1) is 0 Å². The first-order valence-corrected chi connectivity index (χ1v) is 9.45. The molecule has 0 aromatic heterocycles. The van der Waals surface area contributed by atoms with Gasteiger partial charge in [-0.3, -0.25) is 19.8 Å². The van der Waals surface area contributed by atoms with Gasteiger partial charge in [0.1, 0.15) is 0 Å². The van der Waals surface area contributed by atoms with Gasteiger partial charge in [0.05, 0.1) is 11.3 Å². The zero-order valence-corrected chi connectivity index (χ0v) is 16.8. The maximum atomic E-state index is 12.1. The number of nitrogens with one attached hydrogen (secondary N) is 2. The van der Waals surface area contributed by atoms with E-state index in [0.29, 0.717) is 11.4 Å². The summed E-state index contributed by atoms with van der Waals surface area (Å²) in [6, 6.07) is 13.2. The number of anilines is 2. The van der Waals surface area contributed by atoms with Crippen LogP contribution in [-0.2, 0) is 19.1 Å². The molecule has 1 fully saturated rings. The van der Waals surface area contributed by atoms with Gasteiger partial charge in [0.25, 0.3) is 5.91 Å². The Bertz CT molecular complexity index is 929. The van der Waals surface area contributed by atoms with Crippen molar-refractivity contribution < 1.29 is 23.9 Å². The molecule has 1 aliphatic rings. The lowest BCUT2D eigenvalue weighted by Gasteiger charge is -2.27. The van der Waals surface area contributed by atoms with E-state index < -0.39 is 18.5 Å². The van der Waals surface area contributed by atoms with E-state index >= 15 is 0 Å². The number of rotatable bonds is 5. The molecule has 1 saturated heterocycles. The lowest BCUT2D eigenvalue weighted by atomic mass is 10.2. The lowest BCUT2D eigenvalue weighted by molar-refractivity contribution is -0.130. The Balaban J connectivity index is 1.55. The second-order valence-corrected chi connectivity index (χ2v) is 7.19. The third kappa shape index (κ3) is 5.06. The van der Waals surface area contributed by atoms with Crippen molar-refractivity contribution in [2.45, 2.75) is 12.8 Å². The highest BCUT2D eigenvalue weighted by Gasteiger charge is 2.24. The van der Waals surface area contributed by atoms with E-state index in [4.69, 9.17) is 4.74 Å². The second-order valence-electron chi connectivity index (χ2n) is 5.95. The van der Waals surface area contributed by atoms with E-state index in [2.05, 4.69) is 33.3 Å². The molecule has 2 aromatic rings. The molecule has 8 nitrogen and oxygen atoms in total. The first kappa shape index (κ1) is 19.8. The van der Waals surface area contributed by atoms with Crippen LogP contribution >= 0.6 is 22.6 Å². The average Bonchev–Trinajstić information content (AvgIpc) is 2.68. The summed E-state index contributed by atoms with van der Waals surface area (Å²) in [7, 11) is 0. The Kier molecular flexibility index (Phi) is 6.24. The molecule has 144 valence electrons. The Labute approximate surface area is 174 Å². The molecule has 0 bridgehead atoms. The summed E-state index contributed by atoms with van der Waals surface area (Å²) in [5.74, 6) is -1.60. The third-order valence-corrected chi connectivity index (χ3v) is 4.53. The van der Waals surface area contributed by atoms with Crippen molar-refractivity contribution in [3.8, 4) is 0 Å². The van der Waals surface area contributed by atoms with Crippen LogP contribution in [0.3, 0.4) is 0 Å². The molecule has 28 heavy (non-hydrogen) atoms. The number of carbonyl (C=O) groups is 4. The molecule has 0 radical (unpaired) electrons. The smallest absolute Gasteiger partial charge is 0.338 e. The molecule has 9 heteroatoms. The molecule has 0 unspecified atom stereocenters. The average molecular weight is 493 g/mol. The van der Waals surface area contributed by atoms with Gasteiger partial charge in [0.15, 0.2) is 6.61 Å². The number of halogens is 1. The number of hydrogen-bond donors (Lipinski definition) is 2. The number of nitrogens with zero attached hydrogens (tertiary/aromatic N) is 1. The molecule has 0 aliphatic carbocycles. The van der Waals surface area contributed by atoms with Crippen LogP contribution in [0.4, 0.5) is 11.4 Å². The summed E-state index contributed by atoms with van der Waals surface area (Å²) in [5, 5.41) is 3.79. The van der Waals surface area contributed by atoms with Crippen LogP contribution in [0.5, 0.6) is 0 Å². The number of esters is 1. The minimum atomic E-state index is -0.668. The van der Waals surface area contributed by atoms with Crippen LogP contribution in [0.2, 0.25) is 0 Å². The van der Waals surface area contributed by atoms with Crippen molar-refractivity contribution in [3.63, 3.8) is 0 Å². The molecular formula is C19H16IN3O5. The summed E-state index contributed by atoms with van der Waals surface area (Å²) in [4.78, 5) is 47.3. The number of amides is 3. The van der Waals surface area contributed by atoms with E-state index in [1.807, 2.05) is 6.07 Å². The van der Waals surface area contributed by atoms with E-state index in [9.17, 15) is 19.2 Å². The molecule has 2 N–H and O–H groups in total. The summed E-state index contributed by atoms with van der Waals surface area (Å²) >= 11 is 2.13. The maximum absolute atomic E-state index is 12.1. The quantitative estimate of drug-likeness (QED) is 0.491. The molecular weight excluding hydrogens is 477 g/mol. The molecule has 1 aliphatic heterocycles. The van der Waals surface area contributed by atoms with Crippen molar-refractivity contribution in [3.05, 3.63) is 57.7 Å². The summed E-state index contributed by atoms with van der Waals surface area (Å²) < 4.78 is 5.98. The van der Waals surface area contributed by atoms with E-state index in [1.54, 1.807) is 18.2 Å². The zero-order chi connectivity index (χ0) is 20.1. The van der Waals surface area contributed by atoms with Crippen LogP contribution < -0.4 is 15.8 Å². The Morgan fingerprint density at radius 1 is 1.11 bits per heavy atom. The van der Waals surface area contributed by atoms with Gasteiger partial charge in [-0.2, -0.15) is 0 Å². The Hall–Kier alpha value is -2.95. The Morgan fingerprint density at radius 2 is 1.86 bits per heavy atom. The van der Waals surface area contributed by atoms with Crippen molar-refractivity contribution in [2.75, 3.05) is 16.9 Å². The van der Waals surface area contributed by atoms with Crippen molar-refractivity contribution in [1.29, 1.82) is 0 Å². The van der Waals surface area contributed by atoms with Gasteiger partial charge in [0, 0.05) is 22.1 Å². The summed E-state index contributed by atoms with van der Waals surface area (Å²) in [6.07, 6.45) is 0.287. The van der Waals surface area contributed by atoms with E-state index in [-0.39, 0.29) is 30.2 Å².